The molecule has 0 saturated carbocycles. The van der Waals surface area contributed by atoms with Crippen molar-refractivity contribution in [2.24, 2.45) is 5.41 Å². The minimum absolute atomic E-state index is 0.155. The molecule has 0 fully saturated rings. The Morgan fingerprint density at radius 3 is 2.44 bits per heavy atom. The summed E-state index contributed by atoms with van der Waals surface area (Å²) in [5.41, 5.74) is 1.40. The lowest BCUT2D eigenvalue weighted by Crippen LogP contribution is -2.19. The summed E-state index contributed by atoms with van der Waals surface area (Å²) in [4.78, 5) is 12.2. The van der Waals surface area contributed by atoms with Crippen molar-refractivity contribution < 1.29 is 14.3 Å². The van der Waals surface area contributed by atoms with Crippen molar-refractivity contribution in [1.82, 2.24) is 0 Å². The number of benzene rings is 1. The first kappa shape index (κ1) is 11.0. The molecule has 86 valence electrons. The van der Waals surface area contributed by atoms with E-state index in [0.717, 1.165) is 17.7 Å². The number of ether oxygens (including phenoxy) is 2. The highest BCUT2D eigenvalue weighted by Gasteiger charge is 2.40. The Morgan fingerprint density at radius 1 is 1.19 bits per heavy atom. The summed E-state index contributed by atoms with van der Waals surface area (Å²) < 4.78 is 10.5. The lowest BCUT2D eigenvalue weighted by molar-refractivity contribution is 0.0861. The van der Waals surface area contributed by atoms with Crippen LogP contribution in [-0.4, -0.2) is 20.0 Å². The van der Waals surface area contributed by atoms with Crippen LogP contribution >= 0.6 is 0 Å². The minimum Gasteiger partial charge on any atom is -0.497 e. The normalized spacial score (nSPS) is 17.1. The van der Waals surface area contributed by atoms with Gasteiger partial charge in [-0.3, -0.25) is 4.79 Å². The highest BCUT2D eigenvalue weighted by molar-refractivity contribution is 6.06. The third-order valence-corrected chi connectivity index (χ3v) is 3.09. The number of rotatable bonds is 2. The van der Waals surface area contributed by atoms with Gasteiger partial charge in [0.2, 0.25) is 0 Å². The fraction of sp³-hybridized carbons (Fsp3) is 0.462. The van der Waals surface area contributed by atoms with Crippen molar-refractivity contribution >= 4 is 5.78 Å². The van der Waals surface area contributed by atoms with Crippen molar-refractivity contribution in [3.63, 3.8) is 0 Å². The van der Waals surface area contributed by atoms with Gasteiger partial charge in [-0.2, -0.15) is 0 Å². The number of carbonyl (C=O) groups is 1. The van der Waals surface area contributed by atoms with Gasteiger partial charge in [0, 0.05) is 11.5 Å². The Bertz CT molecular complexity index is 447. The predicted molar refractivity (Wildman–Crippen MR) is 61.4 cm³/mol. The standard InChI is InChI=1S/C13H16O3/c1-13(2)7-8-5-9(15-3)6-10(16-4)11(8)12(13)14/h5-6H,7H2,1-4H3. The van der Waals surface area contributed by atoms with Gasteiger partial charge in [0.15, 0.2) is 5.78 Å². The number of Topliss-reactive ketones (excluding diaryl/α,β-unsaturated/α-hetero) is 1. The SMILES string of the molecule is COc1cc2c(c(OC)c1)C(=O)C(C)(C)C2. The molecular formula is C13H16O3. The molecule has 1 aromatic carbocycles. The van der Waals surface area contributed by atoms with Crippen LogP contribution < -0.4 is 9.47 Å². The summed E-state index contributed by atoms with van der Waals surface area (Å²) in [5.74, 6) is 1.51. The lowest BCUT2D eigenvalue weighted by Gasteiger charge is -2.13. The molecule has 0 bridgehead atoms. The molecule has 3 nitrogen and oxygen atoms in total. The maximum atomic E-state index is 12.2. The van der Waals surface area contributed by atoms with E-state index in [1.165, 1.54) is 0 Å². The van der Waals surface area contributed by atoms with Crippen molar-refractivity contribution in [2.75, 3.05) is 14.2 Å². The quantitative estimate of drug-likeness (QED) is 0.768. The molecule has 2 rings (SSSR count). The molecule has 0 aromatic heterocycles. The molecule has 0 unspecified atom stereocenters. The summed E-state index contributed by atoms with van der Waals surface area (Å²) in [5, 5.41) is 0. The van der Waals surface area contributed by atoms with E-state index in [9.17, 15) is 4.79 Å². The molecular weight excluding hydrogens is 204 g/mol. The monoisotopic (exact) mass is 220 g/mol. The zero-order valence-corrected chi connectivity index (χ0v) is 10.1. The Kier molecular flexibility index (Phi) is 2.41. The Balaban J connectivity index is 2.61. The van der Waals surface area contributed by atoms with E-state index >= 15 is 0 Å². The number of hydrogen-bond donors (Lipinski definition) is 0. The molecule has 0 heterocycles. The van der Waals surface area contributed by atoms with Gasteiger partial charge in [-0.05, 0) is 18.1 Å². The predicted octanol–water partition coefficient (Wildman–Crippen LogP) is 2.47. The van der Waals surface area contributed by atoms with Crippen molar-refractivity contribution in [1.29, 1.82) is 0 Å². The maximum Gasteiger partial charge on any atom is 0.172 e. The minimum atomic E-state index is -0.331. The van der Waals surface area contributed by atoms with Crippen molar-refractivity contribution in [2.45, 2.75) is 20.3 Å². The second-order valence-electron chi connectivity index (χ2n) is 4.75. The van der Waals surface area contributed by atoms with Crippen LogP contribution in [0.25, 0.3) is 0 Å². The van der Waals surface area contributed by atoms with Crippen LogP contribution in [0, 0.1) is 5.41 Å². The summed E-state index contributed by atoms with van der Waals surface area (Å²) in [6.07, 6.45) is 0.745. The third kappa shape index (κ3) is 1.47. The first-order valence-electron chi connectivity index (χ1n) is 5.29. The first-order chi connectivity index (χ1) is 7.49. The molecule has 0 saturated heterocycles. The van der Waals surface area contributed by atoms with Gasteiger partial charge in [-0.25, -0.2) is 0 Å². The van der Waals surface area contributed by atoms with Crippen molar-refractivity contribution in [3.8, 4) is 11.5 Å². The molecule has 0 atom stereocenters. The molecule has 0 aliphatic heterocycles. The van der Waals surface area contributed by atoms with Crippen LogP contribution in [0.4, 0.5) is 0 Å². The van der Waals surface area contributed by atoms with E-state index in [2.05, 4.69) is 0 Å². The van der Waals surface area contributed by atoms with E-state index < -0.39 is 0 Å². The summed E-state index contributed by atoms with van der Waals surface area (Å²) in [7, 11) is 3.19. The molecule has 0 spiro atoms. The zero-order chi connectivity index (χ0) is 11.9. The highest BCUT2D eigenvalue weighted by atomic mass is 16.5. The molecule has 3 heteroatoms. The second kappa shape index (κ2) is 3.51. The number of carbonyl (C=O) groups excluding carboxylic acids is 1. The average Bonchev–Trinajstić information content (AvgIpc) is 2.48. The first-order valence-corrected chi connectivity index (χ1v) is 5.29. The lowest BCUT2D eigenvalue weighted by atomic mass is 9.89. The van der Waals surface area contributed by atoms with Gasteiger partial charge in [0.25, 0.3) is 0 Å². The Morgan fingerprint density at radius 2 is 1.88 bits per heavy atom. The van der Waals surface area contributed by atoms with Crippen LogP contribution in [-0.2, 0) is 6.42 Å². The van der Waals surface area contributed by atoms with Crippen LogP contribution in [0.15, 0.2) is 12.1 Å². The second-order valence-corrected chi connectivity index (χ2v) is 4.75. The van der Waals surface area contributed by atoms with E-state index in [1.807, 2.05) is 19.9 Å². The Hall–Kier alpha value is -1.51. The fourth-order valence-electron chi connectivity index (χ4n) is 2.22. The topological polar surface area (TPSA) is 35.5 Å². The maximum absolute atomic E-state index is 12.2. The summed E-state index contributed by atoms with van der Waals surface area (Å²) >= 11 is 0. The number of ketones is 1. The molecule has 1 aromatic rings. The van der Waals surface area contributed by atoms with E-state index in [1.54, 1.807) is 20.3 Å². The molecule has 0 amide bonds. The molecule has 1 aliphatic carbocycles. The molecule has 0 radical (unpaired) electrons. The van der Waals surface area contributed by atoms with Crippen LogP contribution in [0.3, 0.4) is 0 Å². The number of methoxy groups -OCH3 is 2. The molecule has 0 N–H and O–H groups in total. The average molecular weight is 220 g/mol. The summed E-state index contributed by atoms with van der Waals surface area (Å²) in [6.45, 7) is 3.92. The van der Waals surface area contributed by atoms with Gasteiger partial charge in [-0.1, -0.05) is 13.8 Å². The number of hydrogen-bond acceptors (Lipinski definition) is 3. The van der Waals surface area contributed by atoms with Gasteiger partial charge >= 0.3 is 0 Å². The highest BCUT2D eigenvalue weighted by Crippen LogP contribution is 2.42. The summed E-state index contributed by atoms with van der Waals surface area (Å²) in [6, 6.07) is 3.68. The van der Waals surface area contributed by atoms with Gasteiger partial charge < -0.3 is 9.47 Å². The van der Waals surface area contributed by atoms with E-state index in [-0.39, 0.29) is 11.2 Å². The third-order valence-electron chi connectivity index (χ3n) is 3.09. The van der Waals surface area contributed by atoms with Gasteiger partial charge in [0.1, 0.15) is 11.5 Å². The van der Waals surface area contributed by atoms with E-state index in [0.29, 0.717) is 11.3 Å². The molecule has 1 aliphatic rings. The van der Waals surface area contributed by atoms with E-state index in [4.69, 9.17) is 9.47 Å². The van der Waals surface area contributed by atoms with Gasteiger partial charge in [0.05, 0.1) is 19.8 Å². The zero-order valence-electron chi connectivity index (χ0n) is 10.1. The fourth-order valence-corrected chi connectivity index (χ4v) is 2.22. The van der Waals surface area contributed by atoms with Crippen molar-refractivity contribution in [3.05, 3.63) is 23.3 Å². The Labute approximate surface area is 95.4 Å². The van der Waals surface area contributed by atoms with Crippen LogP contribution in [0.1, 0.15) is 29.8 Å². The van der Waals surface area contributed by atoms with Crippen LogP contribution in [0.5, 0.6) is 11.5 Å². The van der Waals surface area contributed by atoms with Gasteiger partial charge in [-0.15, -0.1) is 0 Å². The van der Waals surface area contributed by atoms with Crippen LogP contribution in [0.2, 0.25) is 0 Å². The largest absolute Gasteiger partial charge is 0.497 e. The smallest absolute Gasteiger partial charge is 0.172 e. The number of fused-ring (bicyclic) bond motifs is 1. The molecule has 16 heavy (non-hydrogen) atoms.